The number of rotatable bonds is 3. The molecule has 7 nitrogen and oxygen atoms in total. The molecule has 0 atom stereocenters. The van der Waals surface area contributed by atoms with Crippen LogP contribution in [-0.2, 0) is 9.84 Å². The molecule has 0 saturated carbocycles. The molecule has 0 fully saturated rings. The lowest BCUT2D eigenvalue weighted by Gasteiger charge is -2.09. The standard InChI is InChI=1S/C11H9ClN2O5S/c1-5-13-10(14-19-5)8-7(20(2,17)18)4-3-6(9(8)12)11(15)16/h3-4H,1-2H3,(H,15,16). The molecule has 1 heterocycles. The molecular weight excluding hydrogens is 308 g/mol. The zero-order chi connectivity index (χ0) is 15.1. The number of halogens is 1. The normalized spacial score (nSPS) is 11.6. The van der Waals surface area contributed by atoms with Crippen LogP contribution < -0.4 is 0 Å². The number of hydrogen-bond acceptors (Lipinski definition) is 6. The summed E-state index contributed by atoms with van der Waals surface area (Å²) in [6.45, 7) is 1.52. The fraction of sp³-hybridized carbons (Fsp3) is 0.182. The molecule has 0 aliphatic rings. The molecule has 0 saturated heterocycles. The van der Waals surface area contributed by atoms with Gasteiger partial charge < -0.3 is 9.63 Å². The molecular formula is C11H9ClN2O5S. The van der Waals surface area contributed by atoms with Gasteiger partial charge in [-0.25, -0.2) is 13.2 Å². The van der Waals surface area contributed by atoms with E-state index in [1.165, 1.54) is 6.92 Å². The van der Waals surface area contributed by atoms with Gasteiger partial charge in [0.15, 0.2) is 9.84 Å². The van der Waals surface area contributed by atoms with Crippen LogP contribution in [0, 0.1) is 6.92 Å². The zero-order valence-corrected chi connectivity index (χ0v) is 12.0. The summed E-state index contributed by atoms with van der Waals surface area (Å²) >= 11 is 5.99. The summed E-state index contributed by atoms with van der Waals surface area (Å²) in [5, 5.41) is 12.4. The molecule has 20 heavy (non-hydrogen) atoms. The first-order valence-electron chi connectivity index (χ1n) is 5.28. The number of benzene rings is 1. The minimum absolute atomic E-state index is 0.0731. The summed E-state index contributed by atoms with van der Waals surface area (Å²) in [6.07, 6.45) is 0.982. The molecule has 1 aromatic carbocycles. The Morgan fingerprint density at radius 1 is 1.40 bits per heavy atom. The van der Waals surface area contributed by atoms with E-state index in [2.05, 4.69) is 10.1 Å². The zero-order valence-electron chi connectivity index (χ0n) is 10.4. The Kier molecular flexibility index (Phi) is 3.53. The van der Waals surface area contributed by atoms with E-state index in [0.29, 0.717) is 0 Å². The summed E-state index contributed by atoms with van der Waals surface area (Å²) in [5.74, 6) is -1.15. The summed E-state index contributed by atoms with van der Waals surface area (Å²) in [4.78, 5) is 14.8. The first-order chi connectivity index (χ1) is 9.21. The number of aromatic carboxylic acids is 1. The van der Waals surface area contributed by atoms with Crippen LogP contribution in [-0.4, -0.2) is 35.9 Å². The first-order valence-corrected chi connectivity index (χ1v) is 7.55. The molecule has 0 bridgehead atoms. The van der Waals surface area contributed by atoms with Gasteiger partial charge in [0.25, 0.3) is 0 Å². The molecule has 0 amide bonds. The highest BCUT2D eigenvalue weighted by Gasteiger charge is 2.25. The van der Waals surface area contributed by atoms with Crippen LogP contribution in [0.1, 0.15) is 16.2 Å². The monoisotopic (exact) mass is 316 g/mol. The smallest absolute Gasteiger partial charge is 0.337 e. The highest BCUT2D eigenvalue weighted by atomic mass is 35.5. The van der Waals surface area contributed by atoms with Crippen molar-refractivity contribution in [3.8, 4) is 11.4 Å². The molecule has 1 aromatic heterocycles. The largest absolute Gasteiger partial charge is 0.478 e. The Balaban J connectivity index is 2.86. The van der Waals surface area contributed by atoms with Crippen molar-refractivity contribution in [1.82, 2.24) is 10.1 Å². The molecule has 0 spiro atoms. The van der Waals surface area contributed by atoms with Crippen molar-refractivity contribution in [2.24, 2.45) is 0 Å². The summed E-state index contributed by atoms with van der Waals surface area (Å²) in [5.41, 5.74) is -0.317. The Bertz CT molecular complexity index is 797. The molecule has 2 rings (SSSR count). The summed E-state index contributed by atoms with van der Waals surface area (Å²) in [6, 6.07) is 2.28. The number of hydrogen-bond donors (Lipinski definition) is 1. The molecule has 0 unspecified atom stereocenters. The lowest BCUT2D eigenvalue weighted by molar-refractivity contribution is 0.0697. The second-order valence-electron chi connectivity index (χ2n) is 4.01. The van der Waals surface area contributed by atoms with Gasteiger partial charge in [-0.3, -0.25) is 0 Å². The van der Waals surface area contributed by atoms with Crippen LogP contribution in [0.5, 0.6) is 0 Å². The third-order valence-corrected chi connectivity index (χ3v) is 4.02. The van der Waals surface area contributed by atoms with Gasteiger partial charge in [-0.2, -0.15) is 4.98 Å². The number of carbonyl (C=O) groups is 1. The van der Waals surface area contributed by atoms with E-state index in [-0.39, 0.29) is 32.8 Å². The Morgan fingerprint density at radius 2 is 2.05 bits per heavy atom. The third-order valence-electron chi connectivity index (χ3n) is 2.48. The number of carboxylic acid groups (broad SMARTS) is 1. The van der Waals surface area contributed by atoms with E-state index in [1.54, 1.807) is 0 Å². The van der Waals surface area contributed by atoms with Crippen LogP contribution in [0.25, 0.3) is 11.4 Å². The number of nitrogens with zero attached hydrogens (tertiary/aromatic N) is 2. The fourth-order valence-electron chi connectivity index (χ4n) is 1.64. The number of aromatic nitrogens is 2. The van der Waals surface area contributed by atoms with E-state index in [4.69, 9.17) is 21.2 Å². The lowest BCUT2D eigenvalue weighted by atomic mass is 10.1. The van der Waals surface area contributed by atoms with Crippen molar-refractivity contribution >= 4 is 27.4 Å². The number of aryl methyl sites for hydroxylation is 1. The minimum Gasteiger partial charge on any atom is -0.478 e. The first kappa shape index (κ1) is 14.5. The topological polar surface area (TPSA) is 110 Å². The van der Waals surface area contributed by atoms with E-state index in [9.17, 15) is 13.2 Å². The average Bonchev–Trinajstić information content (AvgIpc) is 2.73. The van der Waals surface area contributed by atoms with Crippen LogP contribution in [0.3, 0.4) is 0 Å². The van der Waals surface area contributed by atoms with Crippen LogP contribution in [0.2, 0.25) is 5.02 Å². The highest BCUT2D eigenvalue weighted by molar-refractivity contribution is 7.90. The molecule has 1 N–H and O–H groups in total. The van der Waals surface area contributed by atoms with Gasteiger partial charge in [0.2, 0.25) is 11.7 Å². The van der Waals surface area contributed by atoms with Gasteiger partial charge in [-0.05, 0) is 12.1 Å². The van der Waals surface area contributed by atoms with E-state index in [0.717, 1.165) is 18.4 Å². The van der Waals surface area contributed by atoms with Crippen molar-refractivity contribution in [2.75, 3.05) is 6.26 Å². The lowest BCUT2D eigenvalue weighted by Crippen LogP contribution is -2.06. The number of sulfone groups is 1. The predicted octanol–water partition coefficient (Wildman–Crippen LogP) is 1.80. The average molecular weight is 317 g/mol. The predicted molar refractivity (Wildman–Crippen MR) is 69.6 cm³/mol. The Morgan fingerprint density at radius 3 is 2.50 bits per heavy atom. The third kappa shape index (κ3) is 2.52. The molecule has 9 heteroatoms. The van der Waals surface area contributed by atoms with Gasteiger partial charge in [0.1, 0.15) is 0 Å². The van der Waals surface area contributed by atoms with Crippen molar-refractivity contribution in [2.45, 2.75) is 11.8 Å². The molecule has 2 aromatic rings. The Hall–Kier alpha value is -1.93. The van der Waals surface area contributed by atoms with Crippen molar-refractivity contribution in [1.29, 1.82) is 0 Å². The molecule has 0 radical (unpaired) electrons. The maximum Gasteiger partial charge on any atom is 0.337 e. The Labute approximate surface area is 119 Å². The van der Waals surface area contributed by atoms with Crippen molar-refractivity contribution in [3.05, 3.63) is 28.6 Å². The maximum atomic E-state index is 11.8. The van der Waals surface area contributed by atoms with Gasteiger partial charge in [-0.15, -0.1) is 0 Å². The molecule has 0 aliphatic carbocycles. The van der Waals surface area contributed by atoms with Gasteiger partial charge in [0.05, 0.1) is 21.0 Å². The van der Waals surface area contributed by atoms with Crippen LogP contribution in [0.15, 0.2) is 21.6 Å². The van der Waals surface area contributed by atoms with E-state index >= 15 is 0 Å². The maximum absolute atomic E-state index is 11.8. The second kappa shape index (κ2) is 4.88. The van der Waals surface area contributed by atoms with Gasteiger partial charge >= 0.3 is 5.97 Å². The SMILES string of the molecule is Cc1nc(-c2c(S(C)(=O)=O)ccc(C(=O)O)c2Cl)no1. The fourth-order valence-corrected chi connectivity index (χ4v) is 2.91. The van der Waals surface area contributed by atoms with Crippen LogP contribution in [0.4, 0.5) is 0 Å². The quantitative estimate of drug-likeness (QED) is 0.919. The van der Waals surface area contributed by atoms with Gasteiger partial charge in [-0.1, -0.05) is 16.8 Å². The number of carboxylic acids is 1. The van der Waals surface area contributed by atoms with Crippen molar-refractivity contribution in [3.63, 3.8) is 0 Å². The molecule has 0 aliphatic heterocycles. The molecule has 106 valence electrons. The van der Waals surface area contributed by atoms with Crippen LogP contribution >= 0.6 is 11.6 Å². The van der Waals surface area contributed by atoms with E-state index in [1.807, 2.05) is 0 Å². The summed E-state index contributed by atoms with van der Waals surface area (Å²) in [7, 11) is -3.64. The highest BCUT2D eigenvalue weighted by Crippen LogP contribution is 2.35. The van der Waals surface area contributed by atoms with Crippen molar-refractivity contribution < 1.29 is 22.8 Å². The second-order valence-corrected chi connectivity index (χ2v) is 6.38. The van der Waals surface area contributed by atoms with E-state index < -0.39 is 15.8 Å². The summed E-state index contributed by atoms with van der Waals surface area (Å²) < 4.78 is 28.3. The minimum atomic E-state index is -3.64. The van der Waals surface area contributed by atoms with Gasteiger partial charge in [0, 0.05) is 13.2 Å².